The lowest BCUT2D eigenvalue weighted by Gasteiger charge is -2.09. The topological polar surface area (TPSA) is 54.0 Å². The van der Waals surface area contributed by atoms with Crippen LogP contribution in [0.5, 0.6) is 0 Å². The van der Waals surface area contributed by atoms with Crippen molar-refractivity contribution in [1.82, 2.24) is 4.98 Å². The molecule has 0 saturated carbocycles. The number of thiazole rings is 1. The summed E-state index contributed by atoms with van der Waals surface area (Å²) in [6.45, 7) is 0. The van der Waals surface area contributed by atoms with Gasteiger partial charge in [0.1, 0.15) is 5.01 Å². The molecule has 0 bridgehead atoms. The van der Waals surface area contributed by atoms with Crippen LogP contribution in [0, 0.1) is 0 Å². The van der Waals surface area contributed by atoms with Crippen LogP contribution in [0.3, 0.4) is 0 Å². The highest BCUT2D eigenvalue weighted by atomic mass is 35.5. The Bertz CT molecular complexity index is 896. The molecule has 0 saturated heterocycles. The minimum absolute atomic E-state index is 0.371. The average Bonchev–Trinajstić information content (AvgIpc) is 3.08. The van der Waals surface area contributed by atoms with Crippen molar-refractivity contribution >= 4 is 63.5 Å². The van der Waals surface area contributed by atoms with Gasteiger partial charge in [-0.3, -0.25) is 0 Å². The number of carbonyl (C=O) groups excluding carboxylic acids is 1. The lowest BCUT2D eigenvalue weighted by molar-refractivity contribution is 0.262. The standard InChI is InChI=1S/C17H12Cl3N3OS/c18-8-13-9-25-16(21-13)10-1-3-11(4-2-10)22-17(24)23-12-5-6-14(19)15(20)7-12/h1-7,9H,8H2,(H2,22,23,24). The van der Waals surface area contributed by atoms with Gasteiger partial charge in [0.15, 0.2) is 0 Å². The molecule has 0 radical (unpaired) electrons. The third kappa shape index (κ3) is 4.64. The van der Waals surface area contributed by atoms with E-state index in [4.69, 9.17) is 34.8 Å². The Labute approximate surface area is 163 Å². The van der Waals surface area contributed by atoms with Crippen molar-refractivity contribution in [2.45, 2.75) is 5.88 Å². The van der Waals surface area contributed by atoms with Crippen molar-refractivity contribution in [3.8, 4) is 10.6 Å². The third-order valence-corrected chi connectivity index (χ3v) is 5.21. The van der Waals surface area contributed by atoms with Crippen LogP contribution in [-0.4, -0.2) is 11.0 Å². The van der Waals surface area contributed by atoms with Gasteiger partial charge in [0.2, 0.25) is 0 Å². The number of aromatic nitrogens is 1. The van der Waals surface area contributed by atoms with E-state index in [2.05, 4.69) is 15.6 Å². The maximum Gasteiger partial charge on any atom is 0.323 e. The Morgan fingerprint density at radius 3 is 2.32 bits per heavy atom. The molecule has 0 aliphatic heterocycles. The predicted molar refractivity (Wildman–Crippen MR) is 106 cm³/mol. The average molecular weight is 413 g/mol. The molecule has 0 unspecified atom stereocenters. The largest absolute Gasteiger partial charge is 0.323 e. The molecule has 8 heteroatoms. The predicted octanol–water partition coefficient (Wildman–Crippen LogP) is 6.50. The molecule has 2 aromatic carbocycles. The second kappa shape index (κ2) is 8.06. The smallest absolute Gasteiger partial charge is 0.308 e. The second-order valence-electron chi connectivity index (χ2n) is 5.06. The Balaban J connectivity index is 1.64. The van der Waals surface area contributed by atoms with Gasteiger partial charge in [-0.2, -0.15) is 0 Å². The van der Waals surface area contributed by atoms with Gasteiger partial charge >= 0.3 is 6.03 Å². The van der Waals surface area contributed by atoms with Crippen molar-refractivity contribution in [2.24, 2.45) is 0 Å². The molecule has 2 amide bonds. The Kier molecular flexibility index (Phi) is 5.81. The van der Waals surface area contributed by atoms with Crippen LogP contribution in [0.25, 0.3) is 10.6 Å². The number of rotatable bonds is 4. The lowest BCUT2D eigenvalue weighted by atomic mass is 10.2. The van der Waals surface area contributed by atoms with E-state index < -0.39 is 0 Å². The van der Waals surface area contributed by atoms with Gasteiger partial charge in [0.25, 0.3) is 0 Å². The molecule has 0 spiro atoms. The summed E-state index contributed by atoms with van der Waals surface area (Å²) in [6, 6.07) is 11.9. The molecule has 0 aliphatic carbocycles. The molecular formula is C17H12Cl3N3OS. The van der Waals surface area contributed by atoms with Crippen molar-refractivity contribution in [3.63, 3.8) is 0 Å². The number of amides is 2. The first-order valence-corrected chi connectivity index (χ1v) is 9.36. The summed E-state index contributed by atoms with van der Waals surface area (Å²) < 4.78 is 0. The summed E-state index contributed by atoms with van der Waals surface area (Å²) in [7, 11) is 0. The number of anilines is 2. The molecule has 3 aromatic rings. The van der Waals surface area contributed by atoms with Gasteiger partial charge in [-0.1, -0.05) is 23.2 Å². The zero-order chi connectivity index (χ0) is 17.8. The normalized spacial score (nSPS) is 10.5. The lowest BCUT2D eigenvalue weighted by Crippen LogP contribution is -2.19. The minimum atomic E-state index is -0.371. The number of hydrogen-bond donors (Lipinski definition) is 2. The number of halogens is 3. The van der Waals surface area contributed by atoms with E-state index in [1.807, 2.05) is 29.6 Å². The molecule has 0 aliphatic rings. The highest BCUT2D eigenvalue weighted by Crippen LogP contribution is 2.27. The summed E-state index contributed by atoms with van der Waals surface area (Å²) in [4.78, 5) is 16.5. The molecule has 128 valence electrons. The number of carbonyl (C=O) groups is 1. The van der Waals surface area contributed by atoms with E-state index in [1.54, 1.807) is 18.2 Å². The molecule has 2 N–H and O–H groups in total. The fourth-order valence-electron chi connectivity index (χ4n) is 2.06. The fraction of sp³-hybridized carbons (Fsp3) is 0.0588. The van der Waals surface area contributed by atoms with Gasteiger partial charge in [0, 0.05) is 22.3 Å². The first kappa shape index (κ1) is 18.0. The fourth-order valence-corrected chi connectivity index (χ4v) is 3.42. The Morgan fingerprint density at radius 2 is 1.68 bits per heavy atom. The summed E-state index contributed by atoms with van der Waals surface area (Å²) in [5.41, 5.74) is 3.04. The van der Waals surface area contributed by atoms with Crippen LogP contribution in [0.15, 0.2) is 47.8 Å². The van der Waals surface area contributed by atoms with E-state index in [-0.39, 0.29) is 6.03 Å². The monoisotopic (exact) mass is 411 g/mol. The zero-order valence-corrected chi connectivity index (χ0v) is 15.8. The highest BCUT2D eigenvalue weighted by Gasteiger charge is 2.07. The van der Waals surface area contributed by atoms with Crippen LogP contribution >= 0.6 is 46.1 Å². The van der Waals surface area contributed by atoms with Crippen molar-refractivity contribution < 1.29 is 4.79 Å². The first-order chi connectivity index (χ1) is 12.0. The maximum absolute atomic E-state index is 12.1. The molecular weight excluding hydrogens is 401 g/mol. The van der Waals surface area contributed by atoms with Crippen LogP contribution < -0.4 is 10.6 Å². The van der Waals surface area contributed by atoms with Gasteiger partial charge in [-0.15, -0.1) is 22.9 Å². The first-order valence-electron chi connectivity index (χ1n) is 7.19. The number of alkyl halides is 1. The summed E-state index contributed by atoms with van der Waals surface area (Å²) in [5.74, 6) is 0.394. The van der Waals surface area contributed by atoms with Gasteiger partial charge in [0.05, 0.1) is 21.6 Å². The van der Waals surface area contributed by atoms with E-state index in [1.165, 1.54) is 11.3 Å². The zero-order valence-electron chi connectivity index (χ0n) is 12.7. The van der Waals surface area contributed by atoms with Crippen LogP contribution in [0.2, 0.25) is 10.0 Å². The highest BCUT2D eigenvalue weighted by molar-refractivity contribution is 7.13. The van der Waals surface area contributed by atoms with E-state index in [0.29, 0.717) is 27.3 Å². The summed E-state index contributed by atoms with van der Waals surface area (Å²) in [5, 5.41) is 9.09. The molecule has 25 heavy (non-hydrogen) atoms. The van der Waals surface area contributed by atoms with Gasteiger partial charge < -0.3 is 10.6 Å². The van der Waals surface area contributed by atoms with Crippen LogP contribution in [-0.2, 0) is 5.88 Å². The van der Waals surface area contributed by atoms with Crippen molar-refractivity contribution in [3.05, 3.63) is 63.6 Å². The van der Waals surface area contributed by atoms with Gasteiger partial charge in [-0.05, 0) is 42.5 Å². The van der Waals surface area contributed by atoms with E-state index in [9.17, 15) is 4.79 Å². The molecule has 1 aromatic heterocycles. The summed E-state index contributed by atoms with van der Waals surface area (Å²) >= 11 is 19.1. The number of nitrogens with one attached hydrogen (secondary N) is 2. The number of nitrogens with zero attached hydrogens (tertiary/aromatic N) is 1. The third-order valence-electron chi connectivity index (χ3n) is 3.26. The van der Waals surface area contributed by atoms with Crippen molar-refractivity contribution in [2.75, 3.05) is 10.6 Å². The van der Waals surface area contributed by atoms with Crippen molar-refractivity contribution in [1.29, 1.82) is 0 Å². The molecule has 0 fully saturated rings. The minimum Gasteiger partial charge on any atom is -0.308 e. The number of benzene rings is 2. The molecule has 4 nitrogen and oxygen atoms in total. The quantitative estimate of drug-likeness (QED) is 0.480. The van der Waals surface area contributed by atoms with Gasteiger partial charge in [-0.25, -0.2) is 9.78 Å². The Hall–Kier alpha value is -1.79. The van der Waals surface area contributed by atoms with E-state index in [0.717, 1.165) is 16.3 Å². The van der Waals surface area contributed by atoms with E-state index >= 15 is 0 Å². The number of urea groups is 1. The molecule has 3 rings (SSSR count). The molecule has 1 heterocycles. The van der Waals surface area contributed by atoms with Crippen LogP contribution in [0.4, 0.5) is 16.2 Å². The maximum atomic E-state index is 12.1. The Morgan fingerprint density at radius 1 is 1.00 bits per heavy atom. The SMILES string of the molecule is O=C(Nc1ccc(-c2nc(CCl)cs2)cc1)Nc1ccc(Cl)c(Cl)c1. The van der Waals surface area contributed by atoms with Crippen LogP contribution in [0.1, 0.15) is 5.69 Å². The molecule has 0 atom stereocenters. The second-order valence-corrected chi connectivity index (χ2v) is 7.00. The number of hydrogen-bond acceptors (Lipinski definition) is 3. The summed E-state index contributed by atoms with van der Waals surface area (Å²) in [6.07, 6.45) is 0.